The van der Waals surface area contributed by atoms with Crippen molar-refractivity contribution < 1.29 is 4.84 Å². The van der Waals surface area contributed by atoms with Gasteiger partial charge in [-0.15, -0.1) is 0 Å². The summed E-state index contributed by atoms with van der Waals surface area (Å²) in [6.07, 6.45) is 4.99. The first-order valence-electron chi connectivity index (χ1n) is 7.94. The Morgan fingerprint density at radius 2 is 1.67 bits per heavy atom. The lowest BCUT2D eigenvalue weighted by Crippen LogP contribution is -2.21. The minimum Gasteiger partial charge on any atom is -0.269 e. The van der Waals surface area contributed by atoms with Gasteiger partial charge in [0, 0.05) is 6.42 Å². The molecule has 0 saturated carbocycles. The molecule has 1 fully saturated rings. The highest BCUT2D eigenvalue weighted by Crippen LogP contribution is 2.39. The van der Waals surface area contributed by atoms with E-state index >= 15 is 0 Å². The quantitative estimate of drug-likeness (QED) is 0.753. The molecule has 110 valence electrons. The molecule has 1 aliphatic rings. The topological polar surface area (TPSA) is 12.5 Å². The summed E-state index contributed by atoms with van der Waals surface area (Å²) in [7, 11) is 0. The molecule has 0 amide bonds. The third-order valence-electron chi connectivity index (χ3n) is 4.11. The maximum Gasteiger partial charge on any atom is 0.0880 e. The summed E-state index contributed by atoms with van der Waals surface area (Å²) >= 11 is 0. The number of rotatable bonds is 5. The van der Waals surface area contributed by atoms with Gasteiger partial charge < -0.3 is 0 Å². The molecule has 0 bridgehead atoms. The van der Waals surface area contributed by atoms with Gasteiger partial charge in [-0.1, -0.05) is 68.3 Å². The zero-order valence-corrected chi connectivity index (χ0v) is 12.6. The molecule has 0 radical (unpaired) electrons. The molecule has 2 nitrogen and oxygen atoms in total. The summed E-state index contributed by atoms with van der Waals surface area (Å²) in [6.45, 7) is 2.23. The first kappa shape index (κ1) is 14.2. The Bertz CT molecular complexity index is 493. The Morgan fingerprint density at radius 1 is 1.00 bits per heavy atom. The minimum absolute atomic E-state index is 0.315. The van der Waals surface area contributed by atoms with Gasteiger partial charge in [-0.3, -0.25) is 4.84 Å². The first-order chi connectivity index (χ1) is 10.4. The summed E-state index contributed by atoms with van der Waals surface area (Å²) in [6, 6.07) is 21.4. The minimum atomic E-state index is 0.315. The second kappa shape index (κ2) is 6.77. The summed E-state index contributed by atoms with van der Waals surface area (Å²) in [4.78, 5) is 6.25. The van der Waals surface area contributed by atoms with Crippen molar-refractivity contribution in [2.75, 3.05) is 5.06 Å². The van der Waals surface area contributed by atoms with Crippen LogP contribution in [0.2, 0.25) is 0 Å². The molecule has 0 aromatic heterocycles. The molecule has 21 heavy (non-hydrogen) atoms. The molecule has 2 aromatic rings. The molecule has 3 rings (SSSR count). The molecule has 2 heteroatoms. The Hall–Kier alpha value is -1.80. The van der Waals surface area contributed by atoms with Gasteiger partial charge in [0.2, 0.25) is 0 Å². The predicted octanol–water partition coefficient (Wildman–Crippen LogP) is 5.13. The molecule has 1 aliphatic heterocycles. The van der Waals surface area contributed by atoms with E-state index in [-0.39, 0.29) is 0 Å². The number of nitrogens with zero attached hydrogens (tertiary/aromatic N) is 1. The predicted molar refractivity (Wildman–Crippen MR) is 87.1 cm³/mol. The van der Waals surface area contributed by atoms with Gasteiger partial charge in [-0.2, -0.15) is 0 Å². The van der Waals surface area contributed by atoms with Gasteiger partial charge in [0.25, 0.3) is 0 Å². The number of unbranched alkanes of at least 4 members (excludes halogenated alkanes) is 1. The van der Waals surface area contributed by atoms with E-state index in [0.29, 0.717) is 12.1 Å². The molecule has 0 spiro atoms. The molecule has 1 saturated heterocycles. The summed E-state index contributed by atoms with van der Waals surface area (Å²) in [5, 5.41) is 2.11. The van der Waals surface area contributed by atoms with Crippen LogP contribution in [-0.2, 0) is 4.84 Å². The van der Waals surface area contributed by atoms with Crippen LogP contribution in [0.4, 0.5) is 5.69 Å². The van der Waals surface area contributed by atoms with Crippen LogP contribution in [0.25, 0.3) is 0 Å². The zero-order chi connectivity index (χ0) is 14.5. The van der Waals surface area contributed by atoms with Crippen LogP contribution in [-0.4, -0.2) is 6.10 Å². The molecular weight excluding hydrogens is 258 g/mol. The standard InChI is InChI=1S/C19H23NO/c1-2-3-14-18-15-19(16-10-6-4-7-11-16)20(21-18)17-12-8-5-9-13-17/h4-13,18-19H,2-3,14-15H2,1H3/t18-,19+/m0/s1. The van der Waals surface area contributed by atoms with Crippen molar-refractivity contribution in [3.8, 4) is 0 Å². The third-order valence-corrected chi connectivity index (χ3v) is 4.11. The highest BCUT2D eigenvalue weighted by Gasteiger charge is 2.34. The van der Waals surface area contributed by atoms with Crippen molar-refractivity contribution >= 4 is 5.69 Å². The first-order valence-corrected chi connectivity index (χ1v) is 7.94. The molecular formula is C19H23NO. The van der Waals surface area contributed by atoms with Gasteiger partial charge in [-0.25, -0.2) is 5.06 Å². The second-order valence-electron chi connectivity index (χ2n) is 5.69. The maximum absolute atomic E-state index is 6.25. The molecule has 2 atom stereocenters. The van der Waals surface area contributed by atoms with Crippen molar-refractivity contribution in [2.45, 2.75) is 44.8 Å². The van der Waals surface area contributed by atoms with Crippen LogP contribution < -0.4 is 5.06 Å². The Morgan fingerprint density at radius 3 is 2.33 bits per heavy atom. The van der Waals surface area contributed by atoms with E-state index in [1.165, 1.54) is 18.4 Å². The van der Waals surface area contributed by atoms with E-state index in [2.05, 4.69) is 66.6 Å². The lowest BCUT2D eigenvalue weighted by Gasteiger charge is -2.25. The van der Waals surface area contributed by atoms with Gasteiger partial charge in [0.05, 0.1) is 17.8 Å². The largest absolute Gasteiger partial charge is 0.269 e. The molecule has 1 heterocycles. The van der Waals surface area contributed by atoms with Crippen molar-refractivity contribution in [3.05, 3.63) is 66.2 Å². The van der Waals surface area contributed by atoms with Crippen LogP contribution >= 0.6 is 0 Å². The van der Waals surface area contributed by atoms with Crippen molar-refractivity contribution in [1.29, 1.82) is 0 Å². The van der Waals surface area contributed by atoms with E-state index in [9.17, 15) is 0 Å². The molecule has 0 aliphatic carbocycles. The van der Waals surface area contributed by atoms with Gasteiger partial charge in [0.1, 0.15) is 0 Å². The fourth-order valence-electron chi connectivity index (χ4n) is 2.99. The van der Waals surface area contributed by atoms with E-state index in [0.717, 1.165) is 18.5 Å². The van der Waals surface area contributed by atoms with Crippen LogP contribution in [0.15, 0.2) is 60.7 Å². The van der Waals surface area contributed by atoms with Crippen molar-refractivity contribution in [3.63, 3.8) is 0 Å². The Labute approximate surface area is 127 Å². The smallest absolute Gasteiger partial charge is 0.0880 e. The highest BCUT2D eigenvalue weighted by molar-refractivity contribution is 5.47. The lowest BCUT2D eigenvalue weighted by molar-refractivity contribution is 0.0762. The second-order valence-corrected chi connectivity index (χ2v) is 5.69. The Kier molecular flexibility index (Phi) is 4.56. The molecule has 2 aromatic carbocycles. The van der Waals surface area contributed by atoms with E-state index < -0.39 is 0 Å². The van der Waals surface area contributed by atoms with E-state index in [1.807, 2.05) is 6.07 Å². The number of hydrogen-bond acceptors (Lipinski definition) is 2. The van der Waals surface area contributed by atoms with E-state index in [4.69, 9.17) is 4.84 Å². The number of para-hydroxylation sites is 1. The fraction of sp³-hybridized carbons (Fsp3) is 0.368. The number of anilines is 1. The summed E-state index contributed by atoms with van der Waals surface area (Å²) in [5.41, 5.74) is 2.48. The number of hydrogen-bond donors (Lipinski definition) is 0. The van der Waals surface area contributed by atoms with Gasteiger partial charge >= 0.3 is 0 Å². The normalized spacial score (nSPS) is 21.7. The molecule has 0 unspecified atom stereocenters. The average Bonchev–Trinajstić information content (AvgIpc) is 2.99. The Balaban J connectivity index is 1.84. The lowest BCUT2D eigenvalue weighted by atomic mass is 9.99. The summed E-state index contributed by atoms with van der Waals surface area (Å²) < 4.78 is 0. The summed E-state index contributed by atoms with van der Waals surface area (Å²) in [5.74, 6) is 0. The SMILES string of the molecule is CCCC[C@H]1C[C@H](c2ccccc2)N(c2ccccc2)O1. The zero-order valence-electron chi connectivity index (χ0n) is 12.6. The van der Waals surface area contributed by atoms with E-state index in [1.54, 1.807) is 0 Å². The van der Waals surface area contributed by atoms with Gasteiger partial charge in [-0.05, 0) is 24.1 Å². The maximum atomic E-state index is 6.25. The van der Waals surface area contributed by atoms with Crippen LogP contribution in [0.5, 0.6) is 0 Å². The van der Waals surface area contributed by atoms with Crippen molar-refractivity contribution in [2.24, 2.45) is 0 Å². The van der Waals surface area contributed by atoms with Crippen LogP contribution in [0.1, 0.15) is 44.2 Å². The van der Waals surface area contributed by atoms with Crippen LogP contribution in [0, 0.1) is 0 Å². The van der Waals surface area contributed by atoms with Crippen LogP contribution in [0.3, 0.4) is 0 Å². The van der Waals surface area contributed by atoms with Crippen molar-refractivity contribution in [1.82, 2.24) is 0 Å². The third kappa shape index (κ3) is 3.27. The average molecular weight is 281 g/mol. The monoisotopic (exact) mass is 281 g/mol. The number of benzene rings is 2. The number of hydroxylamine groups is 1. The fourth-order valence-corrected chi connectivity index (χ4v) is 2.99. The highest BCUT2D eigenvalue weighted by atomic mass is 16.7. The van der Waals surface area contributed by atoms with Gasteiger partial charge in [0.15, 0.2) is 0 Å². The molecule has 0 N–H and O–H groups in total.